The summed E-state index contributed by atoms with van der Waals surface area (Å²) in [5.74, 6) is -0.0427. The highest BCUT2D eigenvalue weighted by molar-refractivity contribution is 5.96. The van der Waals surface area contributed by atoms with Crippen LogP contribution in [-0.4, -0.2) is 26.2 Å². The largest absolute Gasteiger partial charge is 0.493 e. The van der Waals surface area contributed by atoms with Gasteiger partial charge in [0.15, 0.2) is 11.5 Å². The molecule has 25 heavy (non-hydrogen) atoms. The van der Waals surface area contributed by atoms with Crippen LogP contribution in [0, 0.1) is 6.92 Å². The van der Waals surface area contributed by atoms with Crippen LogP contribution in [0.4, 0.5) is 14.5 Å². The number of rotatable bonds is 7. The lowest BCUT2D eigenvalue weighted by atomic mass is 10.1. The molecule has 0 aliphatic carbocycles. The van der Waals surface area contributed by atoms with Gasteiger partial charge in [0.05, 0.1) is 7.11 Å². The van der Waals surface area contributed by atoms with E-state index in [4.69, 9.17) is 10.5 Å². The molecular formula is C18H20F2N2O3. The van der Waals surface area contributed by atoms with Crippen molar-refractivity contribution in [2.45, 2.75) is 20.0 Å². The Morgan fingerprint density at radius 1 is 1.20 bits per heavy atom. The zero-order valence-electron chi connectivity index (χ0n) is 14.0. The monoisotopic (exact) mass is 350 g/mol. The SMILES string of the molecule is COc1ccc(CCNC(=O)c2cc(N)ccc2C)cc1OC(F)F. The minimum Gasteiger partial charge on any atom is -0.493 e. The van der Waals surface area contributed by atoms with Gasteiger partial charge in [0, 0.05) is 17.8 Å². The second kappa shape index (κ2) is 8.32. The molecule has 0 aromatic heterocycles. The highest BCUT2D eigenvalue weighted by Gasteiger charge is 2.12. The lowest BCUT2D eigenvalue weighted by molar-refractivity contribution is -0.0512. The van der Waals surface area contributed by atoms with Crippen molar-refractivity contribution in [1.29, 1.82) is 0 Å². The average molecular weight is 350 g/mol. The number of hydrogen-bond acceptors (Lipinski definition) is 4. The Morgan fingerprint density at radius 2 is 1.96 bits per heavy atom. The van der Waals surface area contributed by atoms with Gasteiger partial charge >= 0.3 is 6.61 Å². The summed E-state index contributed by atoms with van der Waals surface area (Å²) in [6, 6.07) is 9.89. The number of aryl methyl sites for hydroxylation is 1. The summed E-state index contributed by atoms with van der Waals surface area (Å²) in [5.41, 5.74) is 8.29. The molecule has 2 rings (SSSR count). The summed E-state index contributed by atoms with van der Waals surface area (Å²) < 4.78 is 34.3. The number of amides is 1. The summed E-state index contributed by atoms with van der Waals surface area (Å²) in [7, 11) is 1.38. The van der Waals surface area contributed by atoms with Gasteiger partial charge in [0.1, 0.15) is 0 Å². The average Bonchev–Trinajstić information content (AvgIpc) is 2.56. The second-order valence-corrected chi connectivity index (χ2v) is 5.44. The molecule has 0 heterocycles. The van der Waals surface area contributed by atoms with Crippen LogP contribution in [0.25, 0.3) is 0 Å². The number of ether oxygens (including phenoxy) is 2. The fraction of sp³-hybridized carbons (Fsp3) is 0.278. The summed E-state index contributed by atoms with van der Waals surface area (Å²) in [6.07, 6.45) is 0.455. The molecule has 134 valence electrons. The molecule has 0 aliphatic rings. The molecule has 0 atom stereocenters. The molecule has 2 aromatic rings. The number of nitrogens with one attached hydrogen (secondary N) is 1. The van der Waals surface area contributed by atoms with Gasteiger partial charge in [-0.2, -0.15) is 8.78 Å². The van der Waals surface area contributed by atoms with E-state index in [9.17, 15) is 13.6 Å². The Balaban J connectivity index is 1.99. The number of carbonyl (C=O) groups is 1. The maximum absolute atomic E-state index is 12.4. The van der Waals surface area contributed by atoms with E-state index in [1.165, 1.54) is 13.2 Å². The number of nitrogen functional groups attached to an aromatic ring is 1. The van der Waals surface area contributed by atoms with Crippen molar-refractivity contribution in [3.63, 3.8) is 0 Å². The predicted octanol–water partition coefficient (Wildman–Crippen LogP) is 3.16. The molecule has 2 aromatic carbocycles. The Labute approximate surface area is 144 Å². The number of anilines is 1. The maximum atomic E-state index is 12.4. The number of methoxy groups -OCH3 is 1. The number of halogens is 2. The van der Waals surface area contributed by atoms with Crippen LogP contribution in [0.1, 0.15) is 21.5 Å². The molecule has 0 fully saturated rings. The molecule has 0 bridgehead atoms. The number of benzene rings is 2. The molecule has 0 spiro atoms. The minimum atomic E-state index is -2.93. The van der Waals surface area contributed by atoms with Gasteiger partial charge < -0.3 is 20.5 Å². The van der Waals surface area contributed by atoms with Crippen molar-refractivity contribution in [1.82, 2.24) is 5.32 Å². The molecule has 0 saturated carbocycles. The number of hydrogen-bond donors (Lipinski definition) is 2. The van der Waals surface area contributed by atoms with Crippen LogP contribution in [0.5, 0.6) is 11.5 Å². The predicted molar refractivity (Wildman–Crippen MR) is 91.3 cm³/mol. The maximum Gasteiger partial charge on any atom is 0.387 e. The highest BCUT2D eigenvalue weighted by atomic mass is 19.3. The van der Waals surface area contributed by atoms with Crippen molar-refractivity contribution < 1.29 is 23.0 Å². The molecule has 5 nitrogen and oxygen atoms in total. The van der Waals surface area contributed by atoms with Gasteiger partial charge in [-0.05, 0) is 48.7 Å². The van der Waals surface area contributed by atoms with Crippen molar-refractivity contribution in [3.05, 3.63) is 53.1 Å². The molecule has 0 aliphatic heterocycles. The van der Waals surface area contributed by atoms with E-state index in [1.807, 2.05) is 6.92 Å². The number of alkyl halides is 2. The van der Waals surface area contributed by atoms with E-state index < -0.39 is 6.61 Å². The van der Waals surface area contributed by atoms with Gasteiger partial charge in [0.2, 0.25) is 0 Å². The quantitative estimate of drug-likeness (QED) is 0.753. The molecule has 0 saturated heterocycles. The number of nitrogens with two attached hydrogens (primary N) is 1. The summed E-state index contributed by atoms with van der Waals surface area (Å²) in [6.45, 7) is -0.769. The van der Waals surface area contributed by atoms with Gasteiger partial charge in [-0.25, -0.2) is 0 Å². The molecule has 3 N–H and O–H groups in total. The highest BCUT2D eigenvalue weighted by Crippen LogP contribution is 2.29. The van der Waals surface area contributed by atoms with E-state index in [-0.39, 0.29) is 17.4 Å². The Morgan fingerprint density at radius 3 is 2.64 bits per heavy atom. The Bertz CT molecular complexity index is 751. The Kier molecular flexibility index (Phi) is 6.16. The van der Waals surface area contributed by atoms with Crippen molar-refractivity contribution >= 4 is 11.6 Å². The van der Waals surface area contributed by atoms with E-state index in [0.717, 1.165) is 11.1 Å². The lowest BCUT2D eigenvalue weighted by Gasteiger charge is -2.12. The van der Waals surface area contributed by atoms with Crippen LogP contribution >= 0.6 is 0 Å². The van der Waals surface area contributed by atoms with Gasteiger partial charge in [0.25, 0.3) is 5.91 Å². The van der Waals surface area contributed by atoms with Crippen molar-refractivity contribution in [3.8, 4) is 11.5 Å². The fourth-order valence-corrected chi connectivity index (χ4v) is 2.36. The molecule has 7 heteroatoms. The lowest BCUT2D eigenvalue weighted by Crippen LogP contribution is -2.26. The number of carbonyl (C=O) groups excluding carboxylic acids is 1. The van der Waals surface area contributed by atoms with E-state index in [0.29, 0.717) is 24.2 Å². The summed E-state index contributed by atoms with van der Waals surface area (Å²) in [4.78, 5) is 12.2. The normalized spacial score (nSPS) is 10.6. The molecule has 0 radical (unpaired) electrons. The van der Waals surface area contributed by atoms with Crippen LogP contribution < -0.4 is 20.5 Å². The topological polar surface area (TPSA) is 73.6 Å². The first-order valence-electron chi connectivity index (χ1n) is 7.66. The molecule has 0 unspecified atom stereocenters. The van der Waals surface area contributed by atoms with Gasteiger partial charge in [-0.1, -0.05) is 12.1 Å². The van der Waals surface area contributed by atoms with Crippen LogP contribution in [0.2, 0.25) is 0 Å². The van der Waals surface area contributed by atoms with Crippen LogP contribution in [0.15, 0.2) is 36.4 Å². The standard InChI is InChI=1S/C18H20F2N2O3/c1-11-3-5-13(21)10-14(11)17(23)22-8-7-12-4-6-15(24-2)16(9-12)25-18(19)20/h3-6,9-10,18H,7-8,21H2,1-2H3,(H,22,23). The first kappa shape index (κ1) is 18.5. The van der Waals surface area contributed by atoms with E-state index >= 15 is 0 Å². The van der Waals surface area contributed by atoms with Crippen molar-refractivity contribution in [2.24, 2.45) is 0 Å². The minimum absolute atomic E-state index is 0.0343. The fourth-order valence-electron chi connectivity index (χ4n) is 2.36. The van der Waals surface area contributed by atoms with Crippen LogP contribution in [-0.2, 0) is 6.42 Å². The van der Waals surface area contributed by atoms with Gasteiger partial charge in [-0.3, -0.25) is 4.79 Å². The zero-order valence-corrected chi connectivity index (χ0v) is 14.0. The first-order valence-corrected chi connectivity index (χ1v) is 7.66. The van der Waals surface area contributed by atoms with Gasteiger partial charge in [-0.15, -0.1) is 0 Å². The zero-order chi connectivity index (χ0) is 18.4. The summed E-state index contributed by atoms with van der Waals surface area (Å²) >= 11 is 0. The van der Waals surface area contributed by atoms with E-state index in [1.54, 1.807) is 30.3 Å². The smallest absolute Gasteiger partial charge is 0.387 e. The second-order valence-electron chi connectivity index (χ2n) is 5.44. The van der Waals surface area contributed by atoms with E-state index in [2.05, 4.69) is 10.1 Å². The molecular weight excluding hydrogens is 330 g/mol. The van der Waals surface area contributed by atoms with Crippen molar-refractivity contribution in [2.75, 3.05) is 19.4 Å². The summed E-state index contributed by atoms with van der Waals surface area (Å²) in [5, 5.41) is 2.79. The Hall–Kier alpha value is -2.83. The third-order valence-corrected chi connectivity index (χ3v) is 3.65. The third kappa shape index (κ3) is 5.07. The third-order valence-electron chi connectivity index (χ3n) is 3.65. The molecule has 1 amide bonds. The van der Waals surface area contributed by atoms with Crippen LogP contribution in [0.3, 0.4) is 0 Å². The first-order chi connectivity index (χ1) is 11.9.